The molecule has 7 nitrogen and oxygen atoms in total. The first-order chi connectivity index (χ1) is 16.4. The molecule has 2 aromatic carbocycles. The number of rotatable bonds is 7. The number of nitrogens with zero attached hydrogens (tertiary/aromatic N) is 2. The molecule has 4 rings (SSSR count). The molecule has 178 valence electrons. The predicted octanol–water partition coefficient (Wildman–Crippen LogP) is 4.08. The van der Waals surface area contributed by atoms with Crippen LogP contribution in [0, 0.1) is 13.8 Å². The van der Waals surface area contributed by atoms with Gasteiger partial charge in [-0.05, 0) is 73.7 Å². The molecule has 1 N–H and O–H groups in total. The summed E-state index contributed by atoms with van der Waals surface area (Å²) in [5.74, 6) is 0.577. The van der Waals surface area contributed by atoms with Gasteiger partial charge in [-0.25, -0.2) is 4.99 Å². The van der Waals surface area contributed by atoms with E-state index >= 15 is 0 Å². The third-order valence-electron chi connectivity index (χ3n) is 5.60. The van der Waals surface area contributed by atoms with E-state index in [-0.39, 0.29) is 23.7 Å². The van der Waals surface area contributed by atoms with E-state index in [1.165, 1.54) is 11.8 Å². The van der Waals surface area contributed by atoms with Crippen LogP contribution in [0.3, 0.4) is 0 Å². The molecule has 1 unspecified atom stereocenters. The van der Waals surface area contributed by atoms with E-state index in [9.17, 15) is 9.59 Å². The monoisotopic (exact) mass is 479 g/mol. The zero-order chi connectivity index (χ0) is 24.1. The summed E-state index contributed by atoms with van der Waals surface area (Å²) in [7, 11) is 1.61. The summed E-state index contributed by atoms with van der Waals surface area (Å²) in [6.07, 6.45) is 3.84. The molecule has 0 saturated carbocycles. The summed E-state index contributed by atoms with van der Waals surface area (Å²) in [5.41, 5.74) is 4.01. The van der Waals surface area contributed by atoms with Crippen molar-refractivity contribution in [3.8, 4) is 5.75 Å². The number of hydrogen-bond donors (Lipinski definition) is 1. The van der Waals surface area contributed by atoms with Gasteiger partial charge in [0.1, 0.15) is 11.4 Å². The number of amidine groups is 1. The number of carbonyl (C=O) groups excluding carboxylic acids is 2. The van der Waals surface area contributed by atoms with E-state index in [1.807, 2.05) is 50.2 Å². The highest BCUT2D eigenvalue weighted by molar-refractivity contribution is 8.14. The van der Waals surface area contributed by atoms with Crippen LogP contribution in [0.15, 0.2) is 53.2 Å². The highest BCUT2D eigenvalue weighted by atomic mass is 32.2. The maximum Gasteiger partial charge on any atom is 0.283 e. The van der Waals surface area contributed by atoms with Gasteiger partial charge in [-0.15, -0.1) is 0 Å². The van der Waals surface area contributed by atoms with E-state index in [0.717, 1.165) is 47.6 Å². The maximum atomic E-state index is 13.4. The number of methoxy groups -OCH3 is 1. The van der Waals surface area contributed by atoms with Crippen LogP contribution >= 0.6 is 11.8 Å². The fraction of sp³-hybridized carbons (Fsp3) is 0.346. The smallest absolute Gasteiger partial charge is 0.283 e. The Kier molecular flexibility index (Phi) is 7.70. The summed E-state index contributed by atoms with van der Waals surface area (Å²) < 4.78 is 10.8. The number of carbonyl (C=O) groups is 2. The Hall–Kier alpha value is -3.10. The Labute approximate surface area is 204 Å². The van der Waals surface area contributed by atoms with Crippen molar-refractivity contribution in [2.24, 2.45) is 4.99 Å². The summed E-state index contributed by atoms with van der Waals surface area (Å²) in [6, 6.07) is 13.4. The molecule has 2 aliphatic heterocycles. The fourth-order valence-corrected chi connectivity index (χ4v) is 4.82. The first-order valence-electron chi connectivity index (χ1n) is 11.3. The summed E-state index contributed by atoms with van der Waals surface area (Å²) in [5, 5.41) is 3.41. The number of anilines is 1. The minimum absolute atomic E-state index is 0.0881. The molecule has 0 bridgehead atoms. The fourth-order valence-electron chi connectivity index (χ4n) is 3.97. The topological polar surface area (TPSA) is 80.2 Å². The summed E-state index contributed by atoms with van der Waals surface area (Å²) >= 11 is 1.25. The van der Waals surface area contributed by atoms with Gasteiger partial charge in [-0.1, -0.05) is 30.0 Å². The number of amides is 2. The average Bonchev–Trinajstić information content (AvgIpc) is 3.44. The Morgan fingerprint density at radius 1 is 1.24 bits per heavy atom. The number of ether oxygens (including phenoxy) is 2. The highest BCUT2D eigenvalue weighted by Gasteiger charge is 2.32. The SMILES string of the molecule is COc1ccc(/C=C2\N=C(SCC(=O)NCC3CCCO3)N(c3cc(C)cc(C)c3)C2=O)cc1. The van der Waals surface area contributed by atoms with Crippen molar-refractivity contribution >= 4 is 40.5 Å². The molecule has 0 aliphatic carbocycles. The molecule has 0 spiro atoms. The van der Waals surface area contributed by atoms with Gasteiger partial charge in [0.05, 0.1) is 24.7 Å². The van der Waals surface area contributed by atoms with Crippen LogP contribution in [0.5, 0.6) is 5.75 Å². The molecule has 34 heavy (non-hydrogen) atoms. The number of benzene rings is 2. The van der Waals surface area contributed by atoms with Gasteiger partial charge in [0.2, 0.25) is 5.91 Å². The van der Waals surface area contributed by atoms with E-state index in [0.29, 0.717) is 17.4 Å². The van der Waals surface area contributed by atoms with Crippen LogP contribution in [0.1, 0.15) is 29.5 Å². The summed E-state index contributed by atoms with van der Waals surface area (Å²) in [6.45, 7) is 5.25. The molecule has 2 amide bonds. The molecule has 2 aliphatic rings. The molecular formula is C26H29N3O4S. The molecular weight excluding hydrogens is 450 g/mol. The summed E-state index contributed by atoms with van der Waals surface area (Å²) in [4.78, 5) is 32.1. The predicted molar refractivity (Wildman–Crippen MR) is 136 cm³/mol. The van der Waals surface area contributed by atoms with Crippen molar-refractivity contribution in [2.75, 3.05) is 30.9 Å². The lowest BCUT2D eigenvalue weighted by molar-refractivity contribution is -0.119. The first kappa shape index (κ1) is 24.0. The van der Waals surface area contributed by atoms with Crippen LogP contribution in [0.4, 0.5) is 5.69 Å². The van der Waals surface area contributed by atoms with Gasteiger partial charge in [-0.2, -0.15) is 0 Å². The lowest BCUT2D eigenvalue weighted by Crippen LogP contribution is -2.35. The van der Waals surface area contributed by atoms with Crippen molar-refractivity contribution in [3.05, 3.63) is 64.9 Å². The van der Waals surface area contributed by atoms with Crippen molar-refractivity contribution in [3.63, 3.8) is 0 Å². The molecule has 8 heteroatoms. The Bertz CT molecular complexity index is 1100. The zero-order valence-electron chi connectivity index (χ0n) is 19.7. The normalized spacial score (nSPS) is 19.0. The molecule has 2 aromatic rings. The van der Waals surface area contributed by atoms with E-state index in [4.69, 9.17) is 9.47 Å². The standard InChI is InChI=1S/C26H29N3O4S/c1-17-11-18(2)13-20(12-17)29-25(31)23(14-19-6-8-21(32-3)9-7-19)28-26(29)34-16-24(30)27-15-22-5-4-10-33-22/h6-9,11-14,22H,4-5,10,15-16H2,1-3H3,(H,27,30)/b23-14-. The van der Waals surface area contributed by atoms with Crippen molar-refractivity contribution in [1.29, 1.82) is 0 Å². The van der Waals surface area contributed by atoms with Crippen LogP contribution in [-0.4, -0.2) is 49.1 Å². The minimum Gasteiger partial charge on any atom is -0.497 e. The van der Waals surface area contributed by atoms with E-state index in [1.54, 1.807) is 18.1 Å². The van der Waals surface area contributed by atoms with E-state index in [2.05, 4.69) is 16.4 Å². The molecule has 1 fully saturated rings. The van der Waals surface area contributed by atoms with Crippen molar-refractivity contribution in [1.82, 2.24) is 5.32 Å². The minimum atomic E-state index is -0.219. The van der Waals surface area contributed by atoms with E-state index < -0.39 is 0 Å². The first-order valence-corrected chi connectivity index (χ1v) is 12.3. The second kappa shape index (κ2) is 10.9. The molecule has 2 heterocycles. The highest BCUT2D eigenvalue weighted by Crippen LogP contribution is 2.31. The van der Waals surface area contributed by atoms with Crippen LogP contribution in [-0.2, 0) is 14.3 Å². The average molecular weight is 480 g/mol. The van der Waals surface area contributed by atoms with Crippen molar-refractivity contribution in [2.45, 2.75) is 32.8 Å². The molecule has 0 radical (unpaired) electrons. The lowest BCUT2D eigenvalue weighted by atomic mass is 10.1. The van der Waals surface area contributed by atoms with Gasteiger partial charge in [0.15, 0.2) is 5.17 Å². The second-order valence-electron chi connectivity index (χ2n) is 8.41. The zero-order valence-corrected chi connectivity index (χ0v) is 20.5. The van der Waals surface area contributed by atoms with Gasteiger partial charge in [0.25, 0.3) is 5.91 Å². The third kappa shape index (κ3) is 5.87. The second-order valence-corrected chi connectivity index (χ2v) is 9.35. The van der Waals surface area contributed by atoms with Gasteiger partial charge in [-0.3, -0.25) is 14.5 Å². The van der Waals surface area contributed by atoms with Gasteiger partial charge < -0.3 is 14.8 Å². The Morgan fingerprint density at radius 2 is 1.97 bits per heavy atom. The van der Waals surface area contributed by atoms with Crippen LogP contribution in [0.2, 0.25) is 0 Å². The number of thioether (sulfide) groups is 1. The maximum absolute atomic E-state index is 13.4. The number of aliphatic imine (C=N–C) groups is 1. The van der Waals surface area contributed by atoms with Crippen LogP contribution < -0.4 is 15.0 Å². The molecule has 1 atom stereocenters. The Balaban J connectivity index is 1.54. The molecule has 0 aromatic heterocycles. The third-order valence-corrected chi connectivity index (χ3v) is 6.54. The number of hydrogen-bond acceptors (Lipinski definition) is 6. The lowest BCUT2D eigenvalue weighted by Gasteiger charge is -2.19. The number of nitrogens with one attached hydrogen (secondary N) is 1. The van der Waals surface area contributed by atoms with Gasteiger partial charge >= 0.3 is 0 Å². The van der Waals surface area contributed by atoms with Crippen LogP contribution in [0.25, 0.3) is 6.08 Å². The quantitative estimate of drug-likeness (QED) is 0.605. The molecule has 1 saturated heterocycles. The van der Waals surface area contributed by atoms with Gasteiger partial charge in [0, 0.05) is 13.2 Å². The number of aryl methyl sites for hydroxylation is 2. The van der Waals surface area contributed by atoms with Crippen molar-refractivity contribution < 1.29 is 19.1 Å². The Morgan fingerprint density at radius 3 is 2.62 bits per heavy atom. The largest absolute Gasteiger partial charge is 0.497 e.